The van der Waals surface area contributed by atoms with Gasteiger partial charge in [-0.2, -0.15) is 0 Å². The van der Waals surface area contributed by atoms with Crippen molar-refractivity contribution >= 4 is 15.9 Å². The first-order valence-corrected chi connectivity index (χ1v) is 7.30. The van der Waals surface area contributed by atoms with Gasteiger partial charge in [-0.3, -0.25) is 11.3 Å². The molecule has 0 radical (unpaired) electrons. The molecule has 0 spiro atoms. The summed E-state index contributed by atoms with van der Waals surface area (Å²) >= 11 is 3.51. The third-order valence-electron chi connectivity index (χ3n) is 3.64. The molecule has 2 atom stereocenters. The number of hydrogen-bond donors (Lipinski definition) is 2. The van der Waals surface area contributed by atoms with Gasteiger partial charge in [0, 0.05) is 7.11 Å². The summed E-state index contributed by atoms with van der Waals surface area (Å²) in [5.74, 6) is 7.18. The van der Waals surface area contributed by atoms with Crippen molar-refractivity contribution in [1.82, 2.24) is 5.43 Å². The maximum Gasteiger partial charge on any atom is 0.133 e. The average molecular weight is 329 g/mol. The summed E-state index contributed by atoms with van der Waals surface area (Å²) < 4.78 is 11.8. The summed E-state index contributed by atoms with van der Waals surface area (Å²) in [6.45, 7) is 0. The number of benzene rings is 1. The molecule has 1 saturated carbocycles. The van der Waals surface area contributed by atoms with Crippen LogP contribution < -0.4 is 16.0 Å². The highest BCUT2D eigenvalue weighted by atomic mass is 79.9. The Morgan fingerprint density at radius 2 is 2.16 bits per heavy atom. The summed E-state index contributed by atoms with van der Waals surface area (Å²) in [6.07, 6.45) is 3.51. The van der Waals surface area contributed by atoms with Crippen LogP contribution in [0.15, 0.2) is 22.7 Å². The van der Waals surface area contributed by atoms with Crippen molar-refractivity contribution in [3.8, 4) is 5.75 Å². The van der Waals surface area contributed by atoms with Gasteiger partial charge in [0.1, 0.15) is 5.75 Å². The zero-order valence-corrected chi connectivity index (χ0v) is 12.9. The van der Waals surface area contributed by atoms with Gasteiger partial charge in [-0.15, -0.1) is 0 Å². The molecule has 2 rings (SSSR count). The predicted molar refractivity (Wildman–Crippen MR) is 79.0 cm³/mol. The third kappa shape index (κ3) is 3.69. The lowest BCUT2D eigenvalue weighted by molar-refractivity contribution is 0.0511. The maximum atomic E-state index is 5.69. The Hall–Kier alpha value is -0.620. The molecule has 0 amide bonds. The van der Waals surface area contributed by atoms with Crippen molar-refractivity contribution < 1.29 is 9.47 Å². The number of rotatable bonds is 7. The van der Waals surface area contributed by atoms with Crippen LogP contribution in [-0.2, 0) is 11.2 Å². The van der Waals surface area contributed by atoms with Crippen molar-refractivity contribution in [3.63, 3.8) is 0 Å². The molecule has 3 N–H and O–H groups in total. The molecule has 0 saturated heterocycles. The second-order valence-electron chi connectivity index (χ2n) is 4.98. The van der Waals surface area contributed by atoms with Crippen molar-refractivity contribution in [3.05, 3.63) is 28.2 Å². The molecule has 1 aromatic carbocycles. The van der Waals surface area contributed by atoms with Crippen LogP contribution in [0.25, 0.3) is 0 Å². The molecule has 1 aliphatic carbocycles. The minimum absolute atomic E-state index is 0.137. The molecular weight excluding hydrogens is 308 g/mol. The van der Waals surface area contributed by atoms with E-state index in [1.807, 2.05) is 6.07 Å². The lowest BCUT2D eigenvalue weighted by Crippen LogP contribution is -2.47. The summed E-state index contributed by atoms with van der Waals surface area (Å²) in [5, 5.41) is 0. The molecule has 1 aliphatic rings. The van der Waals surface area contributed by atoms with E-state index in [2.05, 4.69) is 33.5 Å². The number of nitrogens with one attached hydrogen (secondary N) is 1. The fourth-order valence-electron chi connectivity index (χ4n) is 2.47. The highest BCUT2D eigenvalue weighted by molar-refractivity contribution is 9.10. The quantitative estimate of drug-likeness (QED) is 0.595. The lowest BCUT2D eigenvalue weighted by Gasteiger charge is -2.25. The number of hydrogen-bond acceptors (Lipinski definition) is 4. The van der Waals surface area contributed by atoms with Crippen LogP contribution >= 0.6 is 15.9 Å². The van der Waals surface area contributed by atoms with Crippen molar-refractivity contribution in [2.45, 2.75) is 31.4 Å². The second-order valence-corrected chi connectivity index (χ2v) is 5.84. The van der Waals surface area contributed by atoms with Crippen LogP contribution in [0.2, 0.25) is 0 Å². The highest BCUT2D eigenvalue weighted by Gasteiger charge is 2.36. The van der Waals surface area contributed by atoms with E-state index in [-0.39, 0.29) is 12.1 Å². The standard InChI is InChI=1S/C14H21BrN2O2/c1-18-13-6-3-9(7-11(13)15)8-12(17-16)14(19-2)10-4-5-10/h3,6-7,10,12,14,17H,4-5,8,16H2,1-2H3. The number of nitrogens with two attached hydrogens (primary N) is 1. The SMILES string of the molecule is COc1ccc(CC(NN)C(OC)C2CC2)cc1Br. The van der Waals surface area contributed by atoms with E-state index < -0.39 is 0 Å². The van der Waals surface area contributed by atoms with Crippen LogP contribution in [0, 0.1) is 5.92 Å². The van der Waals surface area contributed by atoms with E-state index in [0.717, 1.165) is 16.6 Å². The Bertz CT molecular complexity index is 424. The molecule has 0 bridgehead atoms. The summed E-state index contributed by atoms with van der Waals surface area (Å²) in [5.41, 5.74) is 4.11. The van der Waals surface area contributed by atoms with E-state index >= 15 is 0 Å². The summed E-state index contributed by atoms with van der Waals surface area (Å²) in [7, 11) is 3.43. The largest absolute Gasteiger partial charge is 0.496 e. The molecular formula is C14H21BrN2O2. The maximum absolute atomic E-state index is 5.69. The first-order valence-electron chi connectivity index (χ1n) is 6.51. The monoisotopic (exact) mass is 328 g/mol. The summed E-state index contributed by atoms with van der Waals surface area (Å²) in [6, 6.07) is 6.24. The first-order chi connectivity index (χ1) is 9.19. The topological polar surface area (TPSA) is 56.5 Å². The molecule has 106 valence electrons. The zero-order chi connectivity index (χ0) is 13.8. The van der Waals surface area contributed by atoms with E-state index in [9.17, 15) is 0 Å². The third-order valence-corrected chi connectivity index (χ3v) is 4.26. The molecule has 5 heteroatoms. The Kier molecular flexibility index (Phi) is 5.21. The van der Waals surface area contributed by atoms with Gasteiger partial charge in [-0.1, -0.05) is 6.07 Å². The van der Waals surface area contributed by atoms with Gasteiger partial charge in [-0.25, -0.2) is 0 Å². The smallest absolute Gasteiger partial charge is 0.133 e. The first kappa shape index (κ1) is 14.8. The van der Waals surface area contributed by atoms with E-state index in [1.54, 1.807) is 14.2 Å². The fraction of sp³-hybridized carbons (Fsp3) is 0.571. The van der Waals surface area contributed by atoms with E-state index in [1.165, 1.54) is 18.4 Å². The Morgan fingerprint density at radius 3 is 2.63 bits per heavy atom. The molecule has 1 fully saturated rings. The van der Waals surface area contributed by atoms with Gasteiger partial charge in [0.05, 0.1) is 23.7 Å². The van der Waals surface area contributed by atoms with E-state index in [4.69, 9.17) is 15.3 Å². The van der Waals surface area contributed by atoms with Crippen molar-refractivity contribution in [2.24, 2.45) is 11.8 Å². The van der Waals surface area contributed by atoms with Gasteiger partial charge in [-0.05, 0) is 58.8 Å². The molecule has 0 aromatic heterocycles. The Morgan fingerprint density at radius 1 is 1.42 bits per heavy atom. The number of hydrazine groups is 1. The second kappa shape index (κ2) is 6.70. The molecule has 4 nitrogen and oxygen atoms in total. The van der Waals surface area contributed by atoms with Gasteiger partial charge in [0.15, 0.2) is 0 Å². The highest BCUT2D eigenvalue weighted by Crippen LogP contribution is 2.36. The van der Waals surface area contributed by atoms with Gasteiger partial charge < -0.3 is 9.47 Å². The lowest BCUT2D eigenvalue weighted by atomic mass is 9.98. The molecule has 0 aliphatic heterocycles. The van der Waals surface area contributed by atoms with Crippen LogP contribution in [0.1, 0.15) is 18.4 Å². The van der Waals surface area contributed by atoms with Crippen LogP contribution in [0.3, 0.4) is 0 Å². The minimum Gasteiger partial charge on any atom is -0.496 e. The van der Waals surface area contributed by atoms with Crippen LogP contribution in [0.5, 0.6) is 5.75 Å². The zero-order valence-electron chi connectivity index (χ0n) is 11.4. The summed E-state index contributed by atoms with van der Waals surface area (Å²) in [4.78, 5) is 0. The van der Waals surface area contributed by atoms with Gasteiger partial charge in [0.25, 0.3) is 0 Å². The van der Waals surface area contributed by atoms with Crippen LogP contribution in [-0.4, -0.2) is 26.4 Å². The molecule has 19 heavy (non-hydrogen) atoms. The molecule has 0 heterocycles. The minimum atomic E-state index is 0.137. The number of ether oxygens (including phenoxy) is 2. The normalized spacial score (nSPS) is 18.1. The fourth-order valence-corrected chi connectivity index (χ4v) is 3.06. The predicted octanol–water partition coefficient (Wildman–Crippen LogP) is 2.26. The van der Waals surface area contributed by atoms with Gasteiger partial charge in [0.2, 0.25) is 0 Å². The van der Waals surface area contributed by atoms with E-state index in [0.29, 0.717) is 5.92 Å². The van der Waals surface area contributed by atoms with Crippen molar-refractivity contribution in [2.75, 3.05) is 14.2 Å². The Balaban J connectivity index is 2.06. The van der Waals surface area contributed by atoms with Crippen molar-refractivity contribution in [1.29, 1.82) is 0 Å². The Labute approximate surface area is 122 Å². The number of methoxy groups -OCH3 is 2. The van der Waals surface area contributed by atoms with Gasteiger partial charge >= 0.3 is 0 Å². The number of halogens is 1. The average Bonchev–Trinajstić information content (AvgIpc) is 3.23. The van der Waals surface area contributed by atoms with Crippen LogP contribution in [0.4, 0.5) is 0 Å². The molecule has 1 aromatic rings. The molecule has 2 unspecified atom stereocenters.